The van der Waals surface area contributed by atoms with Crippen molar-refractivity contribution in [2.24, 2.45) is 0 Å². The number of likely N-dealkylation sites (tertiary alicyclic amines) is 1. The fraction of sp³-hybridized carbons (Fsp3) is 0.944. The zero-order valence-electron chi connectivity index (χ0n) is 15.2. The maximum absolute atomic E-state index is 12.7. The topological polar surface area (TPSA) is 29.5 Å². The Balaban J connectivity index is 2.72. The molecule has 0 saturated carbocycles. The number of carbonyl (C=O) groups is 1. The molecule has 0 aromatic rings. The van der Waals surface area contributed by atoms with Crippen LogP contribution < -0.4 is 0 Å². The summed E-state index contributed by atoms with van der Waals surface area (Å²) in [6.07, 6.45) is 11.0. The molecule has 0 aromatic heterocycles. The molecule has 1 aliphatic heterocycles. The van der Waals surface area contributed by atoms with Crippen molar-refractivity contribution in [3.05, 3.63) is 0 Å². The van der Waals surface area contributed by atoms with Gasteiger partial charge in [0.05, 0.1) is 0 Å². The molecule has 0 N–H and O–H groups in total. The number of hydrogen-bond donors (Lipinski definition) is 0. The molecule has 1 saturated heterocycles. The minimum absolute atomic E-state index is 0.0406. The first kappa shape index (κ1) is 20.1. The first-order valence-electron chi connectivity index (χ1n) is 9.65. The van der Waals surface area contributed by atoms with Gasteiger partial charge < -0.3 is 0 Å². The van der Waals surface area contributed by atoms with E-state index in [-0.39, 0.29) is 6.09 Å². The quantitative estimate of drug-likeness (QED) is 0.410. The SMILES string of the molecule is CCC[CH2][Sn]([CH2]CCC)([CH2]CCC)[O]C(=O)N1CCCCC1. The fourth-order valence-corrected chi connectivity index (χ4v) is 16.3. The second kappa shape index (κ2) is 11.6. The Hall–Kier alpha value is 0.0687. The van der Waals surface area contributed by atoms with Crippen molar-refractivity contribution in [3.8, 4) is 0 Å². The molecule has 0 radical (unpaired) electrons. The Kier molecular flexibility index (Phi) is 10.6. The molecule has 4 heteroatoms. The predicted octanol–water partition coefficient (Wildman–Crippen LogP) is 5.95. The van der Waals surface area contributed by atoms with Crippen LogP contribution in [0.1, 0.15) is 78.6 Å². The zero-order valence-corrected chi connectivity index (χ0v) is 18.0. The number of amides is 1. The summed E-state index contributed by atoms with van der Waals surface area (Å²) in [6, 6.07) is 0. The van der Waals surface area contributed by atoms with Gasteiger partial charge in [-0.2, -0.15) is 0 Å². The van der Waals surface area contributed by atoms with E-state index in [0.717, 1.165) is 25.9 Å². The Morgan fingerprint density at radius 3 is 1.73 bits per heavy atom. The molecule has 3 nitrogen and oxygen atoms in total. The van der Waals surface area contributed by atoms with Gasteiger partial charge in [-0.15, -0.1) is 0 Å². The Morgan fingerprint density at radius 1 is 0.864 bits per heavy atom. The second-order valence-corrected chi connectivity index (χ2v) is 18.5. The van der Waals surface area contributed by atoms with Crippen LogP contribution in [0.15, 0.2) is 0 Å². The Morgan fingerprint density at radius 2 is 1.32 bits per heavy atom. The normalized spacial score (nSPS) is 15.9. The molecule has 0 aliphatic carbocycles. The second-order valence-electron chi connectivity index (χ2n) is 6.91. The number of rotatable bonds is 10. The molecule has 1 aliphatic rings. The number of nitrogens with zero attached hydrogens (tertiary/aromatic N) is 1. The van der Waals surface area contributed by atoms with Crippen molar-refractivity contribution in [2.75, 3.05) is 13.1 Å². The predicted molar refractivity (Wildman–Crippen MR) is 96.8 cm³/mol. The summed E-state index contributed by atoms with van der Waals surface area (Å²) in [4.78, 5) is 14.6. The van der Waals surface area contributed by atoms with Crippen LogP contribution in [-0.2, 0) is 3.07 Å². The van der Waals surface area contributed by atoms with E-state index in [4.69, 9.17) is 3.07 Å². The van der Waals surface area contributed by atoms with Crippen LogP contribution in [0.25, 0.3) is 0 Å². The van der Waals surface area contributed by atoms with Crippen molar-refractivity contribution >= 4 is 24.9 Å². The summed E-state index contributed by atoms with van der Waals surface area (Å²) in [5.74, 6) is 0. The molecule has 1 fully saturated rings. The third-order valence-corrected chi connectivity index (χ3v) is 17.4. The molecular formula is C18H37NO2Sn. The van der Waals surface area contributed by atoms with Crippen molar-refractivity contribution in [1.82, 2.24) is 4.90 Å². The first-order valence-corrected chi connectivity index (χ1v) is 16.9. The molecule has 0 atom stereocenters. The minimum atomic E-state index is -2.76. The summed E-state index contributed by atoms with van der Waals surface area (Å²) < 4.78 is 10.1. The molecule has 0 aromatic carbocycles. The number of piperidine rings is 1. The van der Waals surface area contributed by atoms with Gasteiger partial charge in [0.2, 0.25) is 0 Å². The van der Waals surface area contributed by atoms with Crippen LogP contribution in [0.3, 0.4) is 0 Å². The van der Waals surface area contributed by atoms with E-state index in [1.807, 2.05) is 4.90 Å². The maximum atomic E-state index is 12.7. The van der Waals surface area contributed by atoms with E-state index in [9.17, 15) is 4.79 Å². The van der Waals surface area contributed by atoms with Gasteiger partial charge in [-0.05, 0) is 0 Å². The summed E-state index contributed by atoms with van der Waals surface area (Å²) in [5, 5.41) is 0. The van der Waals surface area contributed by atoms with Gasteiger partial charge in [0.25, 0.3) is 0 Å². The van der Waals surface area contributed by atoms with Gasteiger partial charge in [0.15, 0.2) is 0 Å². The average Bonchev–Trinajstić information content (AvgIpc) is 2.56. The van der Waals surface area contributed by atoms with Gasteiger partial charge in [-0.25, -0.2) is 0 Å². The van der Waals surface area contributed by atoms with Crippen LogP contribution >= 0.6 is 0 Å². The van der Waals surface area contributed by atoms with Gasteiger partial charge in [0.1, 0.15) is 0 Å². The van der Waals surface area contributed by atoms with Crippen molar-refractivity contribution in [1.29, 1.82) is 0 Å². The molecule has 130 valence electrons. The number of unbranched alkanes of at least 4 members (excludes halogenated alkanes) is 3. The van der Waals surface area contributed by atoms with E-state index in [1.165, 1.54) is 58.3 Å². The van der Waals surface area contributed by atoms with E-state index < -0.39 is 18.8 Å². The average molecular weight is 418 g/mol. The molecule has 0 spiro atoms. The summed E-state index contributed by atoms with van der Waals surface area (Å²) in [5.41, 5.74) is 0. The Bertz CT molecular complexity index is 282. The molecule has 22 heavy (non-hydrogen) atoms. The summed E-state index contributed by atoms with van der Waals surface area (Å²) in [7, 11) is 0. The summed E-state index contributed by atoms with van der Waals surface area (Å²) >= 11 is -2.76. The standard InChI is InChI=1S/C6H11NO2.3C4H9.Sn/c8-6(9)7-4-2-1-3-5-7;3*1-3-4-2;/h1-5H2,(H,8,9);3*1,3-4H2,2H3;/q;;;;+1/p-1. The van der Waals surface area contributed by atoms with Gasteiger partial charge in [-0.3, -0.25) is 0 Å². The van der Waals surface area contributed by atoms with Crippen LogP contribution in [0.2, 0.25) is 13.3 Å². The van der Waals surface area contributed by atoms with Gasteiger partial charge in [0, 0.05) is 0 Å². The molecule has 1 rings (SSSR count). The van der Waals surface area contributed by atoms with Crippen LogP contribution in [0, 0.1) is 0 Å². The fourth-order valence-electron chi connectivity index (χ4n) is 3.35. The molecule has 1 heterocycles. The van der Waals surface area contributed by atoms with Crippen LogP contribution in [-0.4, -0.2) is 42.9 Å². The third-order valence-electron chi connectivity index (χ3n) is 4.88. The zero-order chi connectivity index (χ0) is 16.3. The Labute approximate surface area is 142 Å². The van der Waals surface area contributed by atoms with Crippen molar-refractivity contribution < 1.29 is 7.87 Å². The van der Waals surface area contributed by atoms with E-state index in [2.05, 4.69) is 20.8 Å². The van der Waals surface area contributed by atoms with Gasteiger partial charge in [-0.1, -0.05) is 0 Å². The van der Waals surface area contributed by atoms with Crippen molar-refractivity contribution in [3.63, 3.8) is 0 Å². The van der Waals surface area contributed by atoms with Crippen molar-refractivity contribution in [2.45, 2.75) is 91.9 Å². The van der Waals surface area contributed by atoms with Crippen LogP contribution in [0.5, 0.6) is 0 Å². The van der Waals surface area contributed by atoms with Gasteiger partial charge >= 0.3 is 143 Å². The summed E-state index contributed by atoms with van der Waals surface area (Å²) in [6.45, 7) is 8.58. The molecular weight excluding hydrogens is 381 g/mol. The molecule has 0 bridgehead atoms. The molecule has 1 amide bonds. The van der Waals surface area contributed by atoms with E-state index >= 15 is 0 Å². The number of carbonyl (C=O) groups excluding carboxylic acids is 1. The van der Waals surface area contributed by atoms with E-state index in [0.29, 0.717) is 0 Å². The third kappa shape index (κ3) is 7.10. The first-order chi connectivity index (χ1) is 10.7. The molecule has 0 unspecified atom stereocenters. The van der Waals surface area contributed by atoms with E-state index in [1.54, 1.807) is 0 Å². The number of hydrogen-bond acceptors (Lipinski definition) is 2. The monoisotopic (exact) mass is 419 g/mol. The van der Waals surface area contributed by atoms with Crippen LogP contribution in [0.4, 0.5) is 4.79 Å².